The maximum absolute atomic E-state index is 11.0. The molecule has 0 aromatic carbocycles. The lowest BCUT2D eigenvalue weighted by atomic mass is 9.98. The third-order valence-corrected chi connectivity index (χ3v) is 6.49. The minimum absolute atomic E-state index is 0.0872. The van der Waals surface area contributed by atoms with Gasteiger partial charge in [0.05, 0.1) is 0 Å². The maximum Gasteiger partial charge on any atom is 0.220 e. The van der Waals surface area contributed by atoms with E-state index in [1.54, 1.807) is 0 Å². The van der Waals surface area contributed by atoms with Crippen LogP contribution in [0.4, 0.5) is 0 Å². The minimum Gasteiger partial charge on any atom is -0.409 e. The van der Waals surface area contributed by atoms with Gasteiger partial charge in [-0.3, -0.25) is 0 Å². The standard InChI is InChI=1S/C15H34O6Si3/c1-22(2,3)19-11-12(20-23(4,5)6)14-17-10-15(16,18-14)13(11)21-24(7,8)9/h11-14,16H,10H2,1-9H3/t11-,12+,13+,14+,15+/m1/s1. The van der Waals surface area contributed by atoms with Crippen LogP contribution in [0.5, 0.6) is 0 Å². The molecule has 0 radical (unpaired) electrons. The van der Waals surface area contributed by atoms with Crippen LogP contribution >= 0.6 is 0 Å². The molecule has 5 atom stereocenters. The van der Waals surface area contributed by atoms with Crippen LogP contribution in [-0.2, 0) is 22.8 Å². The van der Waals surface area contributed by atoms with Gasteiger partial charge in [-0.15, -0.1) is 0 Å². The van der Waals surface area contributed by atoms with Crippen molar-refractivity contribution < 1.29 is 27.9 Å². The Morgan fingerprint density at radius 3 is 1.71 bits per heavy atom. The molecule has 2 bridgehead atoms. The van der Waals surface area contributed by atoms with Crippen LogP contribution in [-0.4, -0.2) is 67.1 Å². The van der Waals surface area contributed by atoms with Crippen LogP contribution in [0.1, 0.15) is 0 Å². The van der Waals surface area contributed by atoms with Crippen molar-refractivity contribution in [2.75, 3.05) is 6.61 Å². The van der Waals surface area contributed by atoms with Crippen LogP contribution in [0, 0.1) is 0 Å². The maximum atomic E-state index is 11.0. The topological polar surface area (TPSA) is 66.4 Å². The van der Waals surface area contributed by atoms with E-state index < -0.39 is 43.1 Å². The molecule has 0 amide bonds. The first kappa shape index (κ1) is 20.7. The summed E-state index contributed by atoms with van der Waals surface area (Å²) < 4.78 is 30.7. The van der Waals surface area contributed by atoms with Crippen molar-refractivity contribution in [3.05, 3.63) is 0 Å². The molecule has 2 saturated heterocycles. The average Bonchev–Trinajstić information content (AvgIpc) is 2.67. The SMILES string of the molecule is C[Si](C)(C)O[C@@H]1[C@H]2OC[C@](O)(O2)[C@@H](O[Si](C)(C)C)[C@@H]1O[Si](C)(C)C. The van der Waals surface area contributed by atoms with Gasteiger partial charge in [0.2, 0.25) is 5.79 Å². The lowest BCUT2D eigenvalue weighted by Gasteiger charge is -2.49. The van der Waals surface area contributed by atoms with Crippen molar-refractivity contribution in [3.8, 4) is 0 Å². The van der Waals surface area contributed by atoms with E-state index in [0.717, 1.165) is 0 Å². The smallest absolute Gasteiger partial charge is 0.220 e. The fourth-order valence-corrected chi connectivity index (χ4v) is 6.19. The van der Waals surface area contributed by atoms with Crippen LogP contribution in [0.3, 0.4) is 0 Å². The predicted molar refractivity (Wildman–Crippen MR) is 100 cm³/mol. The Hall–Kier alpha value is 0.411. The van der Waals surface area contributed by atoms with Gasteiger partial charge in [-0.25, -0.2) is 0 Å². The number of rotatable bonds is 6. The summed E-state index contributed by atoms with van der Waals surface area (Å²) in [5.74, 6) is -1.46. The zero-order valence-electron chi connectivity index (χ0n) is 16.5. The van der Waals surface area contributed by atoms with E-state index in [-0.39, 0.29) is 18.8 Å². The van der Waals surface area contributed by atoms with E-state index in [4.69, 9.17) is 22.8 Å². The van der Waals surface area contributed by atoms with Gasteiger partial charge in [-0.2, -0.15) is 0 Å². The van der Waals surface area contributed by atoms with Crippen LogP contribution in [0.15, 0.2) is 0 Å². The van der Waals surface area contributed by atoms with Gasteiger partial charge in [0.15, 0.2) is 31.2 Å². The lowest BCUT2D eigenvalue weighted by molar-refractivity contribution is -0.311. The fraction of sp³-hybridized carbons (Fsp3) is 1.00. The van der Waals surface area contributed by atoms with E-state index in [9.17, 15) is 5.11 Å². The molecular formula is C15H34O6Si3. The molecule has 2 aliphatic heterocycles. The largest absolute Gasteiger partial charge is 0.409 e. The number of hydrogen-bond donors (Lipinski definition) is 1. The molecule has 6 nitrogen and oxygen atoms in total. The second kappa shape index (κ2) is 6.54. The molecule has 2 heterocycles. The van der Waals surface area contributed by atoms with E-state index in [0.29, 0.717) is 0 Å². The van der Waals surface area contributed by atoms with Gasteiger partial charge in [-0.05, 0) is 58.9 Å². The van der Waals surface area contributed by atoms with Gasteiger partial charge in [-0.1, -0.05) is 0 Å². The molecule has 0 aromatic rings. The van der Waals surface area contributed by atoms with Gasteiger partial charge in [0.1, 0.15) is 24.9 Å². The number of fused-ring (bicyclic) bond motifs is 2. The summed E-state index contributed by atoms with van der Waals surface area (Å²) in [6.07, 6.45) is -1.98. The average molecular weight is 395 g/mol. The zero-order valence-corrected chi connectivity index (χ0v) is 19.5. The molecule has 0 unspecified atom stereocenters. The monoisotopic (exact) mass is 394 g/mol. The summed E-state index contributed by atoms with van der Waals surface area (Å²) in [5.41, 5.74) is 0. The van der Waals surface area contributed by atoms with Crippen molar-refractivity contribution in [1.29, 1.82) is 0 Å². The highest BCUT2D eigenvalue weighted by molar-refractivity contribution is 6.70. The van der Waals surface area contributed by atoms with Crippen molar-refractivity contribution >= 4 is 25.0 Å². The van der Waals surface area contributed by atoms with Gasteiger partial charge < -0.3 is 27.9 Å². The van der Waals surface area contributed by atoms with Gasteiger partial charge in [0.25, 0.3) is 0 Å². The van der Waals surface area contributed by atoms with Gasteiger partial charge >= 0.3 is 0 Å². The molecule has 24 heavy (non-hydrogen) atoms. The second-order valence-corrected chi connectivity index (χ2v) is 23.1. The summed E-state index contributed by atoms with van der Waals surface area (Å²) in [6, 6.07) is 0. The third kappa shape index (κ3) is 5.21. The highest BCUT2D eigenvalue weighted by Crippen LogP contribution is 2.42. The molecule has 9 heteroatoms. The first-order valence-corrected chi connectivity index (χ1v) is 18.9. The number of aliphatic hydroxyl groups is 1. The van der Waals surface area contributed by atoms with E-state index in [1.807, 2.05) is 0 Å². The van der Waals surface area contributed by atoms with Crippen molar-refractivity contribution in [1.82, 2.24) is 0 Å². The summed E-state index contributed by atoms with van der Waals surface area (Å²) in [7, 11) is -5.70. The summed E-state index contributed by atoms with van der Waals surface area (Å²) in [4.78, 5) is 0. The summed E-state index contributed by atoms with van der Waals surface area (Å²) in [5, 5.41) is 11.0. The summed E-state index contributed by atoms with van der Waals surface area (Å²) >= 11 is 0. The number of ether oxygens (including phenoxy) is 2. The molecular weight excluding hydrogens is 360 g/mol. The van der Waals surface area contributed by atoms with Crippen LogP contribution < -0.4 is 0 Å². The zero-order chi connectivity index (χ0) is 18.6. The van der Waals surface area contributed by atoms with Gasteiger partial charge in [0, 0.05) is 0 Å². The van der Waals surface area contributed by atoms with Crippen LogP contribution in [0.2, 0.25) is 58.9 Å². The predicted octanol–water partition coefficient (Wildman–Crippen LogP) is 2.72. The normalized spacial score (nSPS) is 37.8. The highest BCUT2D eigenvalue weighted by Gasteiger charge is 2.62. The molecule has 2 aliphatic rings. The molecule has 2 rings (SSSR count). The van der Waals surface area contributed by atoms with Crippen LogP contribution in [0.25, 0.3) is 0 Å². The Bertz CT molecular complexity index is 456. The fourth-order valence-electron chi connectivity index (χ4n) is 2.97. The first-order valence-electron chi connectivity index (χ1n) is 8.65. The quantitative estimate of drug-likeness (QED) is 0.699. The minimum atomic E-state index is -1.94. The Morgan fingerprint density at radius 2 is 1.25 bits per heavy atom. The second-order valence-electron chi connectivity index (χ2n) is 9.68. The number of hydrogen-bond acceptors (Lipinski definition) is 6. The Morgan fingerprint density at radius 1 is 0.792 bits per heavy atom. The highest BCUT2D eigenvalue weighted by atomic mass is 28.4. The van der Waals surface area contributed by atoms with Crippen molar-refractivity contribution in [2.45, 2.75) is 89.3 Å². The Balaban J connectivity index is 2.38. The molecule has 0 aromatic heterocycles. The van der Waals surface area contributed by atoms with Crippen molar-refractivity contribution in [3.63, 3.8) is 0 Å². The third-order valence-electron chi connectivity index (χ3n) is 3.57. The van der Waals surface area contributed by atoms with E-state index >= 15 is 0 Å². The molecule has 0 saturated carbocycles. The Labute approximate surface area is 149 Å². The molecule has 2 fully saturated rings. The molecule has 1 N–H and O–H groups in total. The molecule has 0 aliphatic carbocycles. The summed E-state index contributed by atoms with van der Waals surface area (Å²) in [6.45, 7) is 19.2. The Kier molecular flexibility index (Phi) is 5.64. The van der Waals surface area contributed by atoms with E-state index in [1.165, 1.54) is 0 Å². The lowest BCUT2D eigenvalue weighted by Crippen LogP contribution is -2.67. The molecule has 142 valence electrons. The first-order chi connectivity index (χ1) is 10.6. The van der Waals surface area contributed by atoms with E-state index in [2.05, 4.69) is 58.9 Å². The molecule has 0 spiro atoms. The van der Waals surface area contributed by atoms with Crippen molar-refractivity contribution in [2.24, 2.45) is 0 Å².